The van der Waals surface area contributed by atoms with Crippen molar-refractivity contribution in [2.24, 2.45) is 5.73 Å². The minimum absolute atomic E-state index is 0.263. The van der Waals surface area contributed by atoms with Gasteiger partial charge in [-0.2, -0.15) is 0 Å². The van der Waals surface area contributed by atoms with Crippen molar-refractivity contribution in [1.29, 1.82) is 0 Å². The summed E-state index contributed by atoms with van der Waals surface area (Å²) in [5.74, 6) is -5.74. The molecule has 4 nitrogen and oxygen atoms in total. The number of benzene rings is 1. The molecule has 1 aromatic carbocycles. The van der Waals surface area contributed by atoms with Crippen LogP contribution in [0.3, 0.4) is 0 Å². The third-order valence-corrected chi connectivity index (χ3v) is 3.53. The van der Waals surface area contributed by atoms with Gasteiger partial charge in [0.1, 0.15) is 29.1 Å². The van der Waals surface area contributed by atoms with Crippen LogP contribution in [0.4, 0.5) is 13.2 Å². The van der Waals surface area contributed by atoms with Crippen LogP contribution in [-0.4, -0.2) is 17.9 Å². The maximum absolute atomic E-state index is 13.6. The fourth-order valence-electron chi connectivity index (χ4n) is 2.27. The zero-order chi connectivity index (χ0) is 18.1. The SMILES string of the molecule is C=CCCCCCC[C@@H](NC(=O)c1c(F)cc(F)cc1F)C(N)=O. The molecule has 0 aliphatic rings. The highest BCUT2D eigenvalue weighted by molar-refractivity contribution is 5.97. The van der Waals surface area contributed by atoms with Gasteiger partial charge in [0.2, 0.25) is 5.91 Å². The number of amides is 2. The second kappa shape index (κ2) is 9.75. The van der Waals surface area contributed by atoms with Crippen LogP contribution in [-0.2, 0) is 4.79 Å². The van der Waals surface area contributed by atoms with Crippen molar-refractivity contribution >= 4 is 11.8 Å². The molecule has 0 heterocycles. The Balaban J connectivity index is 2.63. The lowest BCUT2D eigenvalue weighted by atomic mass is 10.0. The molecular weight excluding hydrogens is 321 g/mol. The number of halogens is 3. The molecule has 1 atom stereocenters. The summed E-state index contributed by atoms with van der Waals surface area (Å²) in [4.78, 5) is 23.4. The molecule has 132 valence electrons. The van der Waals surface area contributed by atoms with Crippen molar-refractivity contribution in [2.45, 2.75) is 44.6 Å². The molecule has 0 bridgehead atoms. The number of rotatable bonds is 10. The van der Waals surface area contributed by atoms with Gasteiger partial charge in [0, 0.05) is 12.1 Å². The number of primary amides is 1. The van der Waals surface area contributed by atoms with E-state index in [1.54, 1.807) is 0 Å². The quantitative estimate of drug-likeness (QED) is 0.506. The molecule has 0 aliphatic carbocycles. The summed E-state index contributed by atoms with van der Waals surface area (Å²) in [7, 11) is 0. The number of carbonyl (C=O) groups excluding carboxylic acids is 2. The number of nitrogens with two attached hydrogens (primary N) is 1. The molecule has 24 heavy (non-hydrogen) atoms. The van der Waals surface area contributed by atoms with Crippen molar-refractivity contribution in [3.63, 3.8) is 0 Å². The maximum atomic E-state index is 13.6. The van der Waals surface area contributed by atoms with Gasteiger partial charge in [-0.15, -0.1) is 6.58 Å². The summed E-state index contributed by atoms with van der Waals surface area (Å²) >= 11 is 0. The normalized spacial score (nSPS) is 11.8. The summed E-state index contributed by atoms with van der Waals surface area (Å²) in [6.45, 7) is 3.62. The van der Waals surface area contributed by atoms with Gasteiger partial charge >= 0.3 is 0 Å². The Morgan fingerprint density at radius 1 is 1.12 bits per heavy atom. The molecule has 0 radical (unpaired) electrons. The molecule has 0 spiro atoms. The van der Waals surface area contributed by atoms with Crippen molar-refractivity contribution < 1.29 is 22.8 Å². The summed E-state index contributed by atoms with van der Waals surface area (Å²) in [5.41, 5.74) is 4.27. The first kappa shape index (κ1) is 19.7. The van der Waals surface area contributed by atoms with Gasteiger partial charge in [0.15, 0.2) is 0 Å². The van der Waals surface area contributed by atoms with Crippen molar-refractivity contribution in [1.82, 2.24) is 5.32 Å². The van der Waals surface area contributed by atoms with Crippen molar-refractivity contribution in [3.8, 4) is 0 Å². The predicted molar refractivity (Wildman–Crippen MR) is 84.7 cm³/mol. The molecule has 0 aromatic heterocycles. The largest absolute Gasteiger partial charge is 0.368 e. The van der Waals surface area contributed by atoms with Crippen LogP contribution in [0.2, 0.25) is 0 Å². The van der Waals surface area contributed by atoms with Gasteiger partial charge in [-0.3, -0.25) is 9.59 Å². The Morgan fingerprint density at radius 3 is 2.25 bits per heavy atom. The highest BCUT2D eigenvalue weighted by Crippen LogP contribution is 2.15. The highest BCUT2D eigenvalue weighted by Gasteiger charge is 2.24. The number of carbonyl (C=O) groups is 2. The molecule has 0 unspecified atom stereocenters. The monoisotopic (exact) mass is 342 g/mol. The zero-order valence-corrected chi connectivity index (χ0v) is 13.3. The number of nitrogens with one attached hydrogen (secondary N) is 1. The molecule has 0 aliphatic heterocycles. The highest BCUT2D eigenvalue weighted by atomic mass is 19.1. The molecule has 3 N–H and O–H groups in total. The topological polar surface area (TPSA) is 72.2 Å². The standard InChI is InChI=1S/C17H21F3N2O2/c1-2-3-4-5-6-7-8-14(16(21)23)22-17(24)15-12(19)9-11(18)10-13(15)20/h2,9-10,14H,1,3-8H2,(H2,21,23)(H,22,24)/t14-/m1/s1. The molecule has 2 amide bonds. The van der Waals surface area contributed by atoms with E-state index in [4.69, 9.17) is 5.73 Å². The van der Waals surface area contributed by atoms with Gasteiger partial charge in [-0.25, -0.2) is 13.2 Å². The molecule has 1 aromatic rings. The Bertz CT molecular complexity index is 582. The number of hydrogen-bond acceptors (Lipinski definition) is 2. The van der Waals surface area contributed by atoms with Gasteiger partial charge < -0.3 is 11.1 Å². The smallest absolute Gasteiger partial charge is 0.257 e. The summed E-state index contributed by atoms with van der Waals surface area (Å²) in [6, 6.07) is -0.242. The molecule has 7 heteroatoms. The molecular formula is C17H21F3N2O2. The Kier molecular flexibility index (Phi) is 8.01. The molecule has 0 saturated heterocycles. The second-order valence-corrected chi connectivity index (χ2v) is 5.45. The fraction of sp³-hybridized carbons (Fsp3) is 0.412. The third-order valence-electron chi connectivity index (χ3n) is 3.53. The first-order valence-electron chi connectivity index (χ1n) is 7.72. The van der Waals surface area contributed by atoms with E-state index in [1.807, 2.05) is 6.08 Å². The van der Waals surface area contributed by atoms with Crippen LogP contribution in [0.5, 0.6) is 0 Å². The Labute approximate surface area is 138 Å². The predicted octanol–water partition coefficient (Wildman–Crippen LogP) is 3.21. The van der Waals surface area contributed by atoms with Gasteiger partial charge in [-0.05, 0) is 19.3 Å². The maximum Gasteiger partial charge on any atom is 0.257 e. The van der Waals surface area contributed by atoms with E-state index in [9.17, 15) is 22.8 Å². The van der Waals surface area contributed by atoms with Crippen LogP contribution in [0.25, 0.3) is 0 Å². The number of allylic oxidation sites excluding steroid dienone is 1. The van der Waals surface area contributed by atoms with Crippen molar-refractivity contribution in [2.75, 3.05) is 0 Å². The van der Waals surface area contributed by atoms with Crippen LogP contribution >= 0.6 is 0 Å². The summed E-state index contributed by atoms with van der Waals surface area (Å²) in [6.07, 6.45) is 6.35. The lowest BCUT2D eigenvalue weighted by Crippen LogP contribution is -2.44. The molecule has 1 rings (SSSR count). The number of unbranched alkanes of at least 4 members (excludes halogenated alkanes) is 4. The zero-order valence-electron chi connectivity index (χ0n) is 13.3. The minimum atomic E-state index is -1.34. The second-order valence-electron chi connectivity index (χ2n) is 5.45. The van der Waals surface area contributed by atoms with E-state index in [0.717, 1.165) is 25.7 Å². The number of hydrogen-bond donors (Lipinski definition) is 2. The Hall–Kier alpha value is -2.31. The van der Waals surface area contributed by atoms with Gasteiger partial charge in [-0.1, -0.05) is 25.3 Å². The third kappa shape index (κ3) is 6.06. The molecule has 0 fully saturated rings. The van der Waals surface area contributed by atoms with E-state index in [-0.39, 0.29) is 6.42 Å². The average molecular weight is 342 g/mol. The fourth-order valence-corrected chi connectivity index (χ4v) is 2.27. The van der Waals surface area contributed by atoms with Crippen LogP contribution in [0.1, 0.15) is 48.9 Å². The Morgan fingerprint density at radius 2 is 1.71 bits per heavy atom. The van der Waals surface area contributed by atoms with E-state index in [0.29, 0.717) is 18.6 Å². The van der Waals surface area contributed by atoms with Gasteiger partial charge in [0.05, 0.1) is 0 Å². The van der Waals surface area contributed by atoms with Crippen molar-refractivity contribution in [3.05, 3.63) is 47.8 Å². The van der Waals surface area contributed by atoms with Crippen LogP contribution in [0, 0.1) is 17.5 Å². The molecule has 0 saturated carbocycles. The van der Waals surface area contributed by atoms with Crippen LogP contribution in [0.15, 0.2) is 24.8 Å². The van der Waals surface area contributed by atoms with E-state index in [1.165, 1.54) is 0 Å². The first-order valence-corrected chi connectivity index (χ1v) is 7.72. The minimum Gasteiger partial charge on any atom is -0.368 e. The van der Waals surface area contributed by atoms with Crippen LogP contribution < -0.4 is 11.1 Å². The summed E-state index contributed by atoms with van der Waals surface area (Å²) in [5, 5.41) is 2.20. The van der Waals surface area contributed by atoms with E-state index < -0.39 is 40.9 Å². The van der Waals surface area contributed by atoms with Gasteiger partial charge in [0.25, 0.3) is 5.91 Å². The summed E-state index contributed by atoms with van der Waals surface area (Å²) < 4.78 is 40.0. The average Bonchev–Trinajstić information content (AvgIpc) is 2.48. The van der Waals surface area contributed by atoms with E-state index in [2.05, 4.69) is 11.9 Å². The lowest BCUT2D eigenvalue weighted by molar-refractivity contribution is -0.120. The van der Waals surface area contributed by atoms with E-state index >= 15 is 0 Å². The lowest BCUT2D eigenvalue weighted by Gasteiger charge is -2.16. The first-order chi connectivity index (χ1) is 11.4.